The maximum absolute atomic E-state index is 14.7. The lowest BCUT2D eigenvalue weighted by molar-refractivity contribution is -0.133. The lowest BCUT2D eigenvalue weighted by Crippen LogP contribution is -2.52. The summed E-state index contributed by atoms with van der Waals surface area (Å²) >= 11 is 0. The molecule has 0 saturated carbocycles. The summed E-state index contributed by atoms with van der Waals surface area (Å²) in [5.41, 5.74) is 4.53. The molecule has 7 rings (SSSR count). The molecule has 2 aromatic rings. The Balaban J connectivity index is 1.23. The number of imide groups is 1. The highest BCUT2D eigenvalue weighted by Crippen LogP contribution is 2.56. The molecule has 1 N–H and O–H groups in total. The molecule has 4 aliphatic heterocycles. The number of amides is 3. The number of morpholine rings is 1. The molecular weight excluding hydrogens is 594 g/mol. The van der Waals surface area contributed by atoms with E-state index in [0.717, 1.165) is 53.9 Å². The van der Waals surface area contributed by atoms with Gasteiger partial charge in [-0.15, -0.1) is 0 Å². The van der Waals surface area contributed by atoms with Crippen molar-refractivity contribution < 1.29 is 24.2 Å². The van der Waals surface area contributed by atoms with E-state index in [0.29, 0.717) is 38.5 Å². The van der Waals surface area contributed by atoms with Crippen molar-refractivity contribution in [2.24, 2.45) is 5.92 Å². The Morgan fingerprint density at radius 2 is 1.72 bits per heavy atom. The van der Waals surface area contributed by atoms with Gasteiger partial charge in [0.1, 0.15) is 5.54 Å². The van der Waals surface area contributed by atoms with Gasteiger partial charge in [-0.1, -0.05) is 36.4 Å². The van der Waals surface area contributed by atoms with Crippen molar-refractivity contribution >= 4 is 29.8 Å². The number of allylic oxidation sites excluding steroid dienone is 2. The van der Waals surface area contributed by atoms with Gasteiger partial charge in [-0.25, -0.2) is 4.79 Å². The lowest BCUT2D eigenvalue weighted by atomic mass is 9.86. The number of hydrogen-bond donors (Lipinski definition) is 1. The second-order valence-corrected chi connectivity index (χ2v) is 14.1. The molecule has 4 fully saturated rings. The van der Waals surface area contributed by atoms with Crippen molar-refractivity contribution in [3.8, 4) is 11.5 Å². The molecule has 0 bridgehead atoms. The number of methoxy groups -OCH3 is 1. The van der Waals surface area contributed by atoms with Gasteiger partial charge in [0.2, 0.25) is 0 Å². The smallest absolute Gasteiger partial charge is 0.328 e. The van der Waals surface area contributed by atoms with Crippen LogP contribution in [0.15, 0.2) is 42.5 Å². The Hall–Kier alpha value is -3.86. The first-order chi connectivity index (χ1) is 22.6. The number of fused-ring (bicyclic) bond motifs is 1. The number of rotatable bonds is 8. The van der Waals surface area contributed by atoms with Crippen molar-refractivity contribution in [2.45, 2.75) is 57.0 Å². The van der Waals surface area contributed by atoms with E-state index in [-0.39, 0.29) is 41.9 Å². The van der Waals surface area contributed by atoms with E-state index in [4.69, 9.17) is 9.47 Å². The molecule has 4 heterocycles. The fourth-order valence-electron chi connectivity index (χ4n) is 8.81. The molecule has 0 aromatic heterocycles. The normalized spacial score (nSPS) is 28.9. The zero-order valence-corrected chi connectivity index (χ0v) is 28.2. The quantitative estimate of drug-likeness (QED) is 0.419. The van der Waals surface area contributed by atoms with Crippen LogP contribution in [0.5, 0.6) is 11.5 Å². The van der Waals surface area contributed by atoms with Crippen molar-refractivity contribution in [1.82, 2.24) is 19.6 Å². The molecule has 1 spiro atoms. The molecule has 3 amide bonds. The number of urea groups is 1. The van der Waals surface area contributed by atoms with E-state index in [1.807, 2.05) is 11.0 Å². The van der Waals surface area contributed by atoms with Gasteiger partial charge in [-0.05, 0) is 61.6 Å². The maximum Gasteiger partial charge on any atom is 0.328 e. The summed E-state index contributed by atoms with van der Waals surface area (Å²) in [6, 6.07) is 9.38. The van der Waals surface area contributed by atoms with Crippen LogP contribution in [0.4, 0.5) is 10.5 Å². The van der Waals surface area contributed by atoms with Gasteiger partial charge in [-0.2, -0.15) is 0 Å². The molecule has 47 heavy (non-hydrogen) atoms. The summed E-state index contributed by atoms with van der Waals surface area (Å²) in [4.78, 5) is 39.5. The van der Waals surface area contributed by atoms with Gasteiger partial charge in [0.05, 0.1) is 25.4 Å². The zero-order valence-electron chi connectivity index (χ0n) is 28.2. The zero-order chi connectivity index (χ0) is 33.0. The average Bonchev–Trinajstić information content (AvgIpc) is 3.49. The number of ether oxygens (including phenoxy) is 2. The van der Waals surface area contributed by atoms with Crippen molar-refractivity contribution in [3.05, 3.63) is 64.7 Å². The average molecular weight is 642 g/mol. The van der Waals surface area contributed by atoms with Crippen LogP contribution < -0.4 is 9.64 Å². The van der Waals surface area contributed by atoms with E-state index in [1.165, 1.54) is 12.0 Å². The number of likely N-dealkylation sites (tertiary alicyclic amines) is 1. The van der Waals surface area contributed by atoms with E-state index < -0.39 is 5.54 Å². The van der Waals surface area contributed by atoms with E-state index in [9.17, 15) is 14.7 Å². The molecule has 0 radical (unpaired) electrons. The second kappa shape index (κ2) is 12.3. The van der Waals surface area contributed by atoms with Crippen molar-refractivity contribution in [3.63, 3.8) is 0 Å². The summed E-state index contributed by atoms with van der Waals surface area (Å²) in [6.45, 7) is 8.43. The molecule has 2 aromatic carbocycles. The number of anilines is 1. The lowest BCUT2D eigenvalue weighted by Gasteiger charge is -2.35. The van der Waals surface area contributed by atoms with Gasteiger partial charge in [0.15, 0.2) is 11.5 Å². The molecule has 250 valence electrons. The number of nitrogens with zero attached hydrogens (tertiary/aromatic N) is 5. The van der Waals surface area contributed by atoms with Gasteiger partial charge < -0.3 is 24.4 Å². The minimum Gasteiger partial charge on any atom is -0.504 e. The summed E-state index contributed by atoms with van der Waals surface area (Å²) in [7, 11) is 5.65. The number of benzene rings is 2. The molecular formula is C37H47N5O5. The maximum atomic E-state index is 14.7. The van der Waals surface area contributed by atoms with E-state index in [1.54, 1.807) is 12.1 Å². The number of phenols is 1. The predicted molar refractivity (Wildman–Crippen MR) is 182 cm³/mol. The van der Waals surface area contributed by atoms with Gasteiger partial charge in [0, 0.05) is 77.1 Å². The number of hydrogen-bond acceptors (Lipinski definition) is 8. The molecule has 1 aliphatic carbocycles. The van der Waals surface area contributed by atoms with Crippen LogP contribution in [0.2, 0.25) is 0 Å². The summed E-state index contributed by atoms with van der Waals surface area (Å²) in [5.74, 6) is 0.437. The van der Waals surface area contributed by atoms with Crippen LogP contribution in [0.25, 0.3) is 12.2 Å². The van der Waals surface area contributed by atoms with E-state index >= 15 is 0 Å². The van der Waals surface area contributed by atoms with Crippen LogP contribution >= 0.6 is 0 Å². The highest BCUT2D eigenvalue weighted by Gasteiger charge is 2.70. The van der Waals surface area contributed by atoms with Gasteiger partial charge >= 0.3 is 6.03 Å². The Labute approximate surface area is 277 Å². The first kappa shape index (κ1) is 31.7. The van der Waals surface area contributed by atoms with Crippen LogP contribution in [0, 0.1) is 5.92 Å². The number of phenolic OH excluding ortho intramolecular Hbond substituents is 1. The first-order valence-corrected chi connectivity index (χ1v) is 16.9. The second-order valence-electron chi connectivity index (χ2n) is 14.1. The Morgan fingerprint density at radius 3 is 2.43 bits per heavy atom. The topological polar surface area (TPSA) is 89.0 Å². The Morgan fingerprint density at radius 1 is 0.979 bits per heavy atom. The van der Waals surface area contributed by atoms with Crippen molar-refractivity contribution in [2.75, 3.05) is 65.4 Å². The fourth-order valence-corrected chi connectivity index (χ4v) is 8.81. The molecule has 5 aliphatic rings. The fraction of sp³-hybridized carbons (Fsp3) is 0.514. The number of carbonyl (C=O) groups is 2. The highest BCUT2D eigenvalue weighted by molar-refractivity contribution is 6.08. The molecule has 4 saturated heterocycles. The molecule has 10 heteroatoms. The van der Waals surface area contributed by atoms with Crippen molar-refractivity contribution in [1.29, 1.82) is 0 Å². The first-order valence-electron chi connectivity index (χ1n) is 16.9. The molecule has 5 atom stereocenters. The van der Waals surface area contributed by atoms with Gasteiger partial charge in [0.25, 0.3) is 5.91 Å². The number of aromatic hydroxyl groups is 1. The summed E-state index contributed by atoms with van der Waals surface area (Å²) in [5, 5.41) is 10.4. The third-order valence-corrected chi connectivity index (χ3v) is 10.7. The van der Waals surface area contributed by atoms with Gasteiger partial charge in [-0.3, -0.25) is 19.5 Å². The Bertz CT molecular complexity index is 1610. The highest BCUT2D eigenvalue weighted by atomic mass is 16.5. The van der Waals surface area contributed by atoms with E-state index in [2.05, 4.69) is 79.1 Å². The largest absolute Gasteiger partial charge is 0.504 e. The predicted octanol–water partition coefficient (Wildman–Crippen LogP) is 4.59. The van der Waals surface area contributed by atoms with Crippen LogP contribution in [0.3, 0.4) is 0 Å². The molecule has 2 unspecified atom stereocenters. The monoisotopic (exact) mass is 641 g/mol. The third-order valence-electron chi connectivity index (χ3n) is 10.7. The SMILES string of the molecule is COc1ccc(CN2C[C@H]3C[C@@H](c4ccc(N(C)C)c5c4C=CCC=C5)N4C(=O)N(CCN5CC(C)OC(C)C5)C(=O)[C@]34C2)cc1O. The standard InChI is InChI=1S/C37H47N5O5/c1-24-19-39(20-25(2)47-24)15-16-41-35(44)37-23-40(21-26-11-14-34(46-5)33(43)17-26)22-27(37)18-32(42(37)36(41)45)30-12-13-31(38(3)4)29-10-8-6-7-9-28(29)30/h7-14,17,24-25,27,32,43H,6,15-16,18-23H2,1-5H3/t24?,25?,27-,32+,37+/m1/s1. The minimum absolute atomic E-state index is 0.0151. The Kier molecular flexibility index (Phi) is 8.30. The van der Waals surface area contributed by atoms with Crippen LogP contribution in [-0.4, -0.2) is 115 Å². The summed E-state index contributed by atoms with van der Waals surface area (Å²) < 4.78 is 11.2. The summed E-state index contributed by atoms with van der Waals surface area (Å²) in [6.07, 6.45) is 10.5. The number of carbonyl (C=O) groups excluding carboxylic acids is 2. The minimum atomic E-state index is -0.931. The third kappa shape index (κ3) is 5.40. The molecule has 10 nitrogen and oxygen atoms in total. The van der Waals surface area contributed by atoms with Crippen LogP contribution in [-0.2, 0) is 16.1 Å². The van der Waals surface area contributed by atoms with Crippen LogP contribution in [0.1, 0.15) is 55.0 Å².